The zero-order valence-electron chi connectivity index (χ0n) is 14.8. The Morgan fingerprint density at radius 3 is 2.25 bits per heavy atom. The Balaban J connectivity index is 1.73. The summed E-state index contributed by atoms with van der Waals surface area (Å²) in [7, 11) is -3.85. The van der Waals surface area contributed by atoms with Crippen LogP contribution in [0.25, 0.3) is 0 Å². The number of nitrogens with two attached hydrogens (primary N) is 1. The lowest BCUT2D eigenvalue weighted by atomic mass is 10.3. The van der Waals surface area contributed by atoms with Crippen molar-refractivity contribution in [3.8, 4) is 0 Å². The molecule has 28 heavy (non-hydrogen) atoms. The fraction of sp³-hybridized carbons (Fsp3) is 0.167. The topological polar surface area (TPSA) is 127 Å². The van der Waals surface area contributed by atoms with E-state index in [1.807, 2.05) is 0 Å². The highest BCUT2D eigenvalue weighted by Crippen LogP contribution is 2.34. The highest BCUT2D eigenvalue weighted by Gasteiger charge is 2.40. The van der Waals surface area contributed by atoms with Crippen LogP contribution in [0, 0.1) is 0 Å². The van der Waals surface area contributed by atoms with E-state index in [4.69, 9.17) is 5.14 Å². The van der Waals surface area contributed by atoms with Gasteiger partial charge in [-0.3, -0.25) is 14.4 Å². The smallest absolute Gasteiger partial charge is 0.247 e. The molecule has 0 spiro atoms. The summed E-state index contributed by atoms with van der Waals surface area (Å²) in [4.78, 5) is 37.8. The Morgan fingerprint density at radius 1 is 1.11 bits per heavy atom. The molecule has 0 radical (unpaired) electrons. The molecule has 2 aromatic carbocycles. The number of amides is 3. The maximum Gasteiger partial charge on any atom is 0.247 e. The van der Waals surface area contributed by atoms with Gasteiger partial charge in [-0.1, -0.05) is 0 Å². The van der Waals surface area contributed by atoms with Crippen LogP contribution >= 0.6 is 11.8 Å². The Labute approximate surface area is 166 Å². The molecule has 3 rings (SSSR count). The molecule has 0 aromatic heterocycles. The minimum atomic E-state index is -3.85. The number of hydrogen-bond donors (Lipinski definition) is 2. The van der Waals surface area contributed by atoms with Crippen molar-refractivity contribution in [2.24, 2.45) is 5.14 Å². The third-order valence-corrected chi connectivity index (χ3v) is 6.11. The van der Waals surface area contributed by atoms with Gasteiger partial charge in [-0.2, -0.15) is 0 Å². The molecule has 1 aliphatic heterocycles. The highest BCUT2D eigenvalue weighted by atomic mass is 32.2. The summed E-state index contributed by atoms with van der Waals surface area (Å²) in [5.41, 5.74) is 0.939. The number of benzene rings is 2. The van der Waals surface area contributed by atoms with Crippen LogP contribution in [0.4, 0.5) is 11.4 Å². The number of carbonyl (C=O) groups excluding carboxylic acids is 3. The molecule has 0 saturated carbocycles. The monoisotopic (exact) mass is 419 g/mol. The molecule has 10 heteroatoms. The minimum absolute atomic E-state index is 0.0356. The van der Waals surface area contributed by atoms with E-state index in [9.17, 15) is 22.8 Å². The molecule has 1 heterocycles. The van der Waals surface area contributed by atoms with E-state index in [1.54, 1.807) is 24.3 Å². The van der Waals surface area contributed by atoms with Crippen LogP contribution in [0.1, 0.15) is 13.3 Å². The molecule has 1 fully saturated rings. The van der Waals surface area contributed by atoms with Crippen LogP contribution in [0.15, 0.2) is 58.3 Å². The Bertz CT molecular complexity index is 1030. The largest absolute Gasteiger partial charge is 0.326 e. The third kappa shape index (κ3) is 4.41. The molecule has 0 bridgehead atoms. The van der Waals surface area contributed by atoms with Crippen LogP contribution in [0.3, 0.4) is 0 Å². The molecule has 3 amide bonds. The van der Waals surface area contributed by atoms with Gasteiger partial charge >= 0.3 is 0 Å². The van der Waals surface area contributed by atoms with E-state index in [1.165, 1.54) is 43.0 Å². The van der Waals surface area contributed by atoms with E-state index in [-0.39, 0.29) is 29.0 Å². The number of carbonyl (C=O) groups is 3. The standard InChI is InChI=1S/C18H17N3O5S2/c1-11(22)20-12-2-6-14(7-3-12)27-16-10-17(23)21(18(16)24)13-4-8-15(9-5-13)28(19,25)26/h2-9,16H,10H2,1H3,(H,20,22)(H2,19,25,26). The van der Waals surface area contributed by atoms with Gasteiger partial charge in [0.2, 0.25) is 27.7 Å². The maximum atomic E-state index is 12.7. The SMILES string of the molecule is CC(=O)Nc1ccc(SC2CC(=O)N(c3ccc(S(N)(=O)=O)cc3)C2=O)cc1. The number of rotatable bonds is 5. The van der Waals surface area contributed by atoms with E-state index >= 15 is 0 Å². The van der Waals surface area contributed by atoms with Crippen molar-refractivity contribution < 1.29 is 22.8 Å². The average molecular weight is 419 g/mol. The van der Waals surface area contributed by atoms with Gasteiger partial charge in [-0.15, -0.1) is 11.8 Å². The van der Waals surface area contributed by atoms with E-state index in [2.05, 4.69) is 5.32 Å². The molecule has 1 aliphatic rings. The third-order valence-electron chi connectivity index (χ3n) is 3.98. The molecule has 1 atom stereocenters. The van der Waals surface area contributed by atoms with Gasteiger partial charge in [-0.25, -0.2) is 18.5 Å². The van der Waals surface area contributed by atoms with Gasteiger partial charge in [0, 0.05) is 23.9 Å². The lowest BCUT2D eigenvalue weighted by molar-refractivity contribution is -0.121. The van der Waals surface area contributed by atoms with Gasteiger partial charge in [0.05, 0.1) is 15.8 Å². The van der Waals surface area contributed by atoms with Gasteiger partial charge in [0.25, 0.3) is 0 Å². The Morgan fingerprint density at radius 2 is 1.71 bits per heavy atom. The first-order valence-corrected chi connectivity index (χ1v) is 10.6. The zero-order valence-corrected chi connectivity index (χ0v) is 16.4. The van der Waals surface area contributed by atoms with Gasteiger partial charge in [0.15, 0.2) is 0 Å². The van der Waals surface area contributed by atoms with Crippen molar-refractivity contribution in [3.05, 3.63) is 48.5 Å². The number of thioether (sulfide) groups is 1. The highest BCUT2D eigenvalue weighted by molar-refractivity contribution is 8.00. The predicted octanol–water partition coefficient (Wildman–Crippen LogP) is 1.72. The first kappa shape index (κ1) is 20.1. The molecule has 0 aliphatic carbocycles. The van der Waals surface area contributed by atoms with Gasteiger partial charge in [-0.05, 0) is 48.5 Å². The molecule has 8 nitrogen and oxygen atoms in total. The predicted molar refractivity (Wildman–Crippen MR) is 105 cm³/mol. The van der Waals surface area contributed by atoms with E-state index < -0.39 is 15.3 Å². The number of nitrogens with one attached hydrogen (secondary N) is 1. The van der Waals surface area contributed by atoms with Crippen LogP contribution in [-0.2, 0) is 24.4 Å². The molecule has 3 N–H and O–H groups in total. The molecule has 146 valence electrons. The minimum Gasteiger partial charge on any atom is -0.326 e. The molecule has 1 unspecified atom stereocenters. The van der Waals surface area contributed by atoms with Gasteiger partial charge < -0.3 is 5.32 Å². The zero-order chi connectivity index (χ0) is 20.5. The van der Waals surface area contributed by atoms with Crippen molar-refractivity contribution in [1.82, 2.24) is 0 Å². The number of sulfonamides is 1. The number of anilines is 2. The van der Waals surface area contributed by atoms with Crippen molar-refractivity contribution in [3.63, 3.8) is 0 Å². The van der Waals surface area contributed by atoms with Crippen LogP contribution in [0.5, 0.6) is 0 Å². The van der Waals surface area contributed by atoms with Crippen molar-refractivity contribution in [2.45, 2.75) is 28.4 Å². The number of primary sulfonamides is 1. The summed E-state index contributed by atoms with van der Waals surface area (Å²) in [6.45, 7) is 1.41. The second-order valence-electron chi connectivity index (χ2n) is 6.12. The second-order valence-corrected chi connectivity index (χ2v) is 8.96. The molecule has 2 aromatic rings. The van der Waals surface area contributed by atoms with Crippen LogP contribution in [0.2, 0.25) is 0 Å². The van der Waals surface area contributed by atoms with Crippen LogP contribution < -0.4 is 15.4 Å². The van der Waals surface area contributed by atoms with Crippen molar-refractivity contribution >= 4 is 50.9 Å². The molecule has 1 saturated heterocycles. The first-order chi connectivity index (χ1) is 13.1. The van der Waals surface area contributed by atoms with E-state index in [0.29, 0.717) is 11.4 Å². The molecular formula is C18H17N3O5S2. The summed E-state index contributed by atoms with van der Waals surface area (Å²) in [6, 6.07) is 12.2. The average Bonchev–Trinajstić information content (AvgIpc) is 2.89. The Hall–Kier alpha value is -2.69. The fourth-order valence-electron chi connectivity index (χ4n) is 2.74. The summed E-state index contributed by atoms with van der Waals surface area (Å²) < 4.78 is 22.7. The van der Waals surface area contributed by atoms with E-state index in [0.717, 1.165) is 9.80 Å². The quantitative estimate of drug-likeness (QED) is 0.711. The van der Waals surface area contributed by atoms with Gasteiger partial charge in [0.1, 0.15) is 0 Å². The maximum absolute atomic E-state index is 12.7. The number of hydrogen-bond acceptors (Lipinski definition) is 6. The van der Waals surface area contributed by atoms with Crippen molar-refractivity contribution in [2.75, 3.05) is 10.2 Å². The normalized spacial score (nSPS) is 17.1. The van der Waals surface area contributed by atoms with Crippen LogP contribution in [-0.4, -0.2) is 31.4 Å². The van der Waals surface area contributed by atoms with Crippen molar-refractivity contribution in [1.29, 1.82) is 0 Å². The number of imide groups is 1. The lowest BCUT2D eigenvalue weighted by Crippen LogP contribution is -2.31. The second kappa shape index (κ2) is 7.74. The summed E-state index contributed by atoms with van der Waals surface area (Å²) in [5, 5.41) is 7.13. The fourth-order valence-corrected chi connectivity index (χ4v) is 4.31. The number of nitrogens with zero attached hydrogens (tertiary/aromatic N) is 1. The lowest BCUT2D eigenvalue weighted by Gasteiger charge is -2.15. The summed E-state index contributed by atoms with van der Waals surface area (Å²) in [6.07, 6.45) is 0.0356. The first-order valence-electron chi connectivity index (χ1n) is 8.19. The summed E-state index contributed by atoms with van der Waals surface area (Å²) in [5.74, 6) is -0.911. The summed E-state index contributed by atoms with van der Waals surface area (Å²) >= 11 is 1.26. The molecular weight excluding hydrogens is 402 g/mol. The Kier molecular flexibility index (Phi) is 5.54.